The molecule has 0 bridgehead atoms. The van der Waals surface area contributed by atoms with Gasteiger partial charge < -0.3 is 10.4 Å². The van der Waals surface area contributed by atoms with Gasteiger partial charge in [0.05, 0.1) is 12.2 Å². The van der Waals surface area contributed by atoms with Gasteiger partial charge in [0.2, 0.25) is 15.9 Å². The number of carbonyl (C=O) groups excluding carboxylic acids is 1. The molecule has 0 aromatic rings. The van der Waals surface area contributed by atoms with Crippen LogP contribution in [-0.4, -0.2) is 43.7 Å². The molecule has 0 heterocycles. The maximum absolute atomic E-state index is 12.2. The fourth-order valence-electron chi connectivity index (χ4n) is 1.48. The zero-order valence-corrected chi connectivity index (χ0v) is 13.5. The third kappa shape index (κ3) is 6.33. The second kappa shape index (κ2) is 6.53. The van der Waals surface area contributed by atoms with Crippen LogP contribution in [0.4, 0.5) is 0 Å². The standard InChI is InChI=1S/C12H24N2O5S/c1-7(11(16)17)8(2)13-10(15)9(12(3,4)5)14-20(6,18)19/h7-9,14H,1-6H3,(H,13,15)(H,16,17). The van der Waals surface area contributed by atoms with Crippen LogP contribution in [0.2, 0.25) is 0 Å². The molecule has 3 atom stereocenters. The van der Waals surface area contributed by atoms with Crippen LogP contribution < -0.4 is 10.0 Å². The predicted octanol–water partition coefficient (Wildman–Crippen LogP) is 0.176. The van der Waals surface area contributed by atoms with E-state index in [1.54, 1.807) is 27.7 Å². The van der Waals surface area contributed by atoms with Crippen molar-refractivity contribution in [2.75, 3.05) is 6.26 Å². The number of sulfonamides is 1. The van der Waals surface area contributed by atoms with E-state index in [2.05, 4.69) is 10.0 Å². The number of carboxylic acids is 1. The molecule has 3 unspecified atom stereocenters. The summed E-state index contributed by atoms with van der Waals surface area (Å²) in [6.07, 6.45) is 0.975. The molecule has 0 radical (unpaired) electrons. The number of nitrogens with one attached hydrogen (secondary N) is 2. The SMILES string of the molecule is CC(NC(=O)C(NS(C)(=O)=O)C(C)(C)C)C(C)C(=O)O. The van der Waals surface area contributed by atoms with E-state index in [4.69, 9.17) is 5.11 Å². The maximum atomic E-state index is 12.2. The van der Waals surface area contributed by atoms with E-state index in [1.807, 2.05) is 0 Å². The van der Waals surface area contributed by atoms with Crippen molar-refractivity contribution in [3.63, 3.8) is 0 Å². The molecule has 3 N–H and O–H groups in total. The summed E-state index contributed by atoms with van der Waals surface area (Å²) in [6.45, 7) is 8.21. The van der Waals surface area contributed by atoms with Gasteiger partial charge >= 0.3 is 5.97 Å². The Hall–Kier alpha value is -1.15. The first-order chi connectivity index (χ1) is 8.75. The van der Waals surface area contributed by atoms with Gasteiger partial charge in [0.25, 0.3) is 0 Å². The summed E-state index contributed by atoms with van der Waals surface area (Å²) in [5, 5.41) is 11.4. The Morgan fingerprint density at radius 2 is 1.60 bits per heavy atom. The summed E-state index contributed by atoms with van der Waals surface area (Å²) in [4.78, 5) is 23.0. The van der Waals surface area contributed by atoms with Crippen LogP contribution in [0, 0.1) is 11.3 Å². The fourth-order valence-corrected chi connectivity index (χ4v) is 2.37. The van der Waals surface area contributed by atoms with Crippen molar-refractivity contribution in [1.82, 2.24) is 10.0 Å². The quantitative estimate of drug-likeness (QED) is 0.647. The highest BCUT2D eigenvalue weighted by Gasteiger charge is 2.35. The smallest absolute Gasteiger partial charge is 0.308 e. The van der Waals surface area contributed by atoms with Gasteiger partial charge in [0.1, 0.15) is 6.04 Å². The number of carbonyl (C=O) groups is 2. The monoisotopic (exact) mass is 308 g/mol. The van der Waals surface area contributed by atoms with Crippen molar-refractivity contribution in [3.8, 4) is 0 Å². The van der Waals surface area contributed by atoms with Crippen LogP contribution in [0.5, 0.6) is 0 Å². The van der Waals surface area contributed by atoms with Crippen LogP contribution in [-0.2, 0) is 19.6 Å². The van der Waals surface area contributed by atoms with Gasteiger partial charge in [-0.2, -0.15) is 0 Å². The Morgan fingerprint density at radius 1 is 1.15 bits per heavy atom. The molecule has 1 amide bonds. The van der Waals surface area contributed by atoms with Crippen LogP contribution >= 0.6 is 0 Å². The van der Waals surface area contributed by atoms with Gasteiger partial charge in [-0.1, -0.05) is 20.8 Å². The summed E-state index contributed by atoms with van der Waals surface area (Å²) in [5.74, 6) is -2.33. The molecule has 0 rings (SSSR count). The minimum atomic E-state index is -3.55. The Morgan fingerprint density at radius 3 is 1.90 bits per heavy atom. The van der Waals surface area contributed by atoms with Crippen LogP contribution in [0.15, 0.2) is 0 Å². The van der Waals surface area contributed by atoms with Crippen molar-refractivity contribution in [3.05, 3.63) is 0 Å². The summed E-state index contributed by atoms with van der Waals surface area (Å²) < 4.78 is 25.0. The molecule has 0 fully saturated rings. The first-order valence-electron chi connectivity index (χ1n) is 6.26. The molecular formula is C12H24N2O5S. The lowest BCUT2D eigenvalue weighted by Gasteiger charge is -2.31. The highest BCUT2D eigenvalue weighted by atomic mass is 32.2. The predicted molar refractivity (Wildman–Crippen MR) is 75.6 cm³/mol. The second-order valence-electron chi connectivity index (χ2n) is 6.11. The second-order valence-corrected chi connectivity index (χ2v) is 7.89. The highest BCUT2D eigenvalue weighted by molar-refractivity contribution is 7.88. The van der Waals surface area contributed by atoms with Crippen LogP contribution in [0.25, 0.3) is 0 Å². The zero-order chi connectivity index (χ0) is 16.3. The molecule has 0 aliphatic carbocycles. The summed E-state index contributed by atoms with van der Waals surface area (Å²) >= 11 is 0. The van der Waals surface area contributed by atoms with Gasteiger partial charge in [0.15, 0.2) is 0 Å². The molecular weight excluding hydrogens is 284 g/mol. The van der Waals surface area contributed by atoms with Gasteiger partial charge in [-0.3, -0.25) is 9.59 Å². The Bertz CT molecular complexity index is 467. The number of carboxylic acid groups (broad SMARTS) is 1. The molecule has 0 saturated carbocycles. The van der Waals surface area contributed by atoms with Crippen molar-refractivity contribution >= 4 is 21.9 Å². The fraction of sp³-hybridized carbons (Fsp3) is 0.833. The molecule has 7 nitrogen and oxygen atoms in total. The van der Waals surface area contributed by atoms with Gasteiger partial charge in [-0.15, -0.1) is 0 Å². The third-order valence-corrected chi connectivity index (χ3v) is 3.63. The largest absolute Gasteiger partial charge is 0.481 e. The molecule has 20 heavy (non-hydrogen) atoms. The molecule has 118 valence electrons. The molecule has 0 aliphatic heterocycles. The Balaban J connectivity index is 5.04. The molecule has 8 heteroatoms. The van der Waals surface area contributed by atoms with Crippen LogP contribution in [0.3, 0.4) is 0 Å². The molecule has 0 spiro atoms. The number of hydrogen-bond acceptors (Lipinski definition) is 4. The van der Waals surface area contributed by atoms with Crippen molar-refractivity contribution in [1.29, 1.82) is 0 Å². The normalized spacial score (nSPS) is 17.1. The van der Waals surface area contributed by atoms with Gasteiger partial charge in [-0.05, 0) is 19.3 Å². The van der Waals surface area contributed by atoms with Crippen molar-refractivity contribution < 1.29 is 23.1 Å². The molecule has 0 aromatic carbocycles. The lowest BCUT2D eigenvalue weighted by Crippen LogP contribution is -2.55. The van der Waals surface area contributed by atoms with Gasteiger partial charge in [-0.25, -0.2) is 13.1 Å². The Kier molecular flexibility index (Phi) is 6.16. The van der Waals surface area contributed by atoms with E-state index in [0.717, 1.165) is 6.26 Å². The third-order valence-electron chi connectivity index (χ3n) is 2.97. The van der Waals surface area contributed by atoms with E-state index >= 15 is 0 Å². The van der Waals surface area contributed by atoms with E-state index in [1.165, 1.54) is 6.92 Å². The summed E-state index contributed by atoms with van der Waals surface area (Å²) in [7, 11) is -3.55. The Labute approximate surface area is 120 Å². The number of rotatable bonds is 6. The zero-order valence-electron chi connectivity index (χ0n) is 12.7. The lowest BCUT2D eigenvalue weighted by molar-refractivity contribution is -0.142. The minimum absolute atomic E-state index is 0.538. The molecule has 0 saturated heterocycles. The number of aliphatic carboxylic acids is 1. The van der Waals surface area contributed by atoms with Crippen molar-refractivity contribution in [2.45, 2.75) is 46.7 Å². The number of amides is 1. The van der Waals surface area contributed by atoms with Gasteiger partial charge in [0, 0.05) is 6.04 Å². The highest BCUT2D eigenvalue weighted by Crippen LogP contribution is 2.20. The average Bonchev–Trinajstić information content (AvgIpc) is 2.21. The first kappa shape index (κ1) is 18.9. The van der Waals surface area contributed by atoms with E-state index in [9.17, 15) is 18.0 Å². The molecule has 0 aromatic heterocycles. The minimum Gasteiger partial charge on any atom is -0.481 e. The average molecular weight is 308 g/mol. The topological polar surface area (TPSA) is 113 Å². The number of hydrogen-bond donors (Lipinski definition) is 3. The summed E-state index contributed by atoms with van der Waals surface area (Å²) in [6, 6.07) is -1.58. The maximum Gasteiger partial charge on any atom is 0.308 e. The van der Waals surface area contributed by atoms with E-state index in [-0.39, 0.29) is 0 Å². The summed E-state index contributed by atoms with van der Waals surface area (Å²) in [5.41, 5.74) is -0.640. The van der Waals surface area contributed by atoms with E-state index < -0.39 is 45.3 Å². The molecule has 0 aliphatic rings. The first-order valence-corrected chi connectivity index (χ1v) is 8.15. The van der Waals surface area contributed by atoms with Crippen LogP contribution in [0.1, 0.15) is 34.6 Å². The van der Waals surface area contributed by atoms with Crippen molar-refractivity contribution in [2.24, 2.45) is 11.3 Å². The lowest BCUT2D eigenvalue weighted by atomic mass is 9.86. The van der Waals surface area contributed by atoms with E-state index in [0.29, 0.717) is 0 Å².